The van der Waals surface area contributed by atoms with Crippen molar-refractivity contribution >= 4 is 5.69 Å². The lowest BCUT2D eigenvalue weighted by Crippen LogP contribution is -2.18. The van der Waals surface area contributed by atoms with Crippen LogP contribution in [0.5, 0.6) is 0 Å². The Morgan fingerprint density at radius 3 is 2.71 bits per heavy atom. The van der Waals surface area contributed by atoms with Gasteiger partial charge in [-0.15, -0.1) is 0 Å². The Morgan fingerprint density at radius 1 is 1.24 bits per heavy atom. The average molecular weight is 282 g/mol. The highest BCUT2D eigenvalue weighted by atomic mass is 16.6. The van der Waals surface area contributed by atoms with Crippen LogP contribution >= 0.6 is 0 Å². The fourth-order valence-corrected chi connectivity index (χ4v) is 2.91. The van der Waals surface area contributed by atoms with Gasteiger partial charge in [-0.2, -0.15) is 0 Å². The van der Waals surface area contributed by atoms with E-state index in [9.17, 15) is 10.1 Å². The third-order valence-electron chi connectivity index (χ3n) is 4.08. The zero-order chi connectivity index (χ0) is 14.8. The molecule has 0 spiro atoms. The molecular weight excluding hydrogens is 264 g/mol. The Bertz CT molecular complexity index is 665. The third-order valence-corrected chi connectivity index (χ3v) is 4.08. The third kappa shape index (κ3) is 2.95. The van der Waals surface area contributed by atoms with E-state index in [1.165, 1.54) is 16.7 Å². The molecule has 0 saturated carbocycles. The summed E-state index contributed by atoms with van der Waals surface area (Å²) in [5.74, 6) is 0. The molecule has 0 aromatic heterocycles. The summed E-state index contributed by atoms with van der Waals surface area (Å²) >= 11 is 0. The van der Waals surface area contributed by atoms with Crippen LogP contribution in [0.1, 0.15) is 34.7 Å². The molecule has 1 aliphatic rings. The van der Waals surface area contributed by atoms with Gasteiger partial charge >= 0.3 is 0 Å². The number of hydrogen-bond donors (Lipinski definition) is 1. The van der Waals surface area contributed by atoms with E-state index in [1.54, 1.807) is 12.1 Å². The molecule has 0 saturated heterocycles. The lowest BCUT2D eigenvalue weighted by molar-refractivity contribution is -0.384. The standard InChI is InChI=1S/C17H18N2O2/c1-12-2-5-14-6-9-17(16(14)10-12)18-11-13-3-7-15(8-4-13)19(20)21/h2-5,7-8,10,17-18H,6,9,11H2,1H3. The molecule has 1 aliphatic carbocycles. The zero-order valence-corrected chi connectivity index (χ0v) is 12.0. The minimum absolute atomic E-state index is 0.139. The number of aryl methyl sites for hydroxylation is 2. The zero-order valence-electron chi connectivity index (χ0n) is 12.0. The molecule has 21 heavy (non-hydrogen) atoms. The first-order valence-electron chi connectivity index (χ1n) is 7.19. The smallest absolute Gasteiger partial charge is 0.269 e. The summed E-state index contributed by atoms with van der Waals surface area (Å²) in [5.41, 5.74) is 5.33. The van der Waals surface area contributed by atoms with Gasteiger partial charge in [-0.05, 0) is 36.5 Å². The van der Waals surface area contributed by atoms with Gasteiger partial charge in [-0.1, -0.05) is 35.9 Å². The van der Waals surface area contributed by atoms with E-state index in [0.717, 1.165) is 24.9 Å². The van der Waals surface area contributed by atoms with Crippen molar-refractivity contribution in [3.8, 4) is 0 Å². The number of fused-ring (bicyclic) bond motifs is 1. The largest absolute Gasteiger partial charge is 0.306 e. The molecule has 1 unspecified atom stereocenters. The number of nitrogens with zero attached hydrogens (tertiary/aromatic N) is 1. The Balaban J connectivity index is 1.67. The van der Waals surface area contributed by atoms with Gasteiger partial charge in [-0.3, -0.25) is 10.1 Å². The normalized spacial score (nSPS) is 16.7. The van der Waals surface area contributed by atoms with Crippen LogP contribution in [0.25, 0.3) is 0 Å². The molecule has 4 heteroatoms. The van der Waals surface area contributed by atoms with Gasteiger partial charge in [0, 0.05) is 24.7 Å². The Kier molecular flexibility index (Phi) is 3.71. The van der Waals surface area contributed by atoms with Crippen molar-refractivity contribution in [2.24, 2.45) is 0 Å². The second-order valence-corrected chi connectivity index (χ2v) is 5.60. The fraction of sp³-hybridized carbons (Fsp3) is 0.294. The van der Waals surface area contributed by atoms with E-state index in [2.05, 4.69) is 30.4 Å². The monoisotopic (exact) mass is 282 g/mol. The quantitative estimate of drug-likeness (QED) is 0.687. The van der Waals surface area contributed by atoms with Crippen LogP contribution in [-0.4, -0.2) is 4.92 Å². The summed E-state index contributed by atoms with van der Waals surface area (Å²) in [6.45, 7) is 2.85. The Morgan fingerprint density at radius 2 is 2.00 bits per heavy atom. The van der Waals surface area contributed by atoms with E-state index >= 15 is 0 Å². The average Bonchev–Trinajstić information content (AvgIpc) is 2.88. The number of nitro groups is 1. The maximum Gasteiger partial charge on any atom is 0.269 e. The molecular formula is C17H18N2O2. The molecule has 0 heterocycles. The summed E-state index contributed by atoms with van der Waals surface area (Å²) < 4.78 is 0. The molecule has 0 amide bonds. The van der Waals surface area contributed by atoms with E-state index < -0.39 is 0 Å². The number of nitro benzene ring substituents is 1. The van der Waals surface area contributed by atoms with Crippen LogP contribution in [0.4, 0.5) is 5.69 Å². The Hall–Kier alpha value is -2.20. The van der Waals surface area contributed by atoms with Crippen LogP contribution in [0.3, 0.4) is 0 Å². The maximum atomic E-state index is 10.6. The van der Waals surface area contributed by atoms with Crippen molar-refractivity contribution in [1.29, 1.82) is 0 Å². The van der Waals surface area contributed by atoms with Crippen molar-refractivity contribution < 1.29 is 4.92 Å². The van der Waals surface area contributed by atoms with Gasteiger partial charge < -0.3 is 5.32 Å². The Labute approximate surface area is 124 Å². The second-order valence-electron chi connectivity index (χ2n) is 5.60. The summed E-state index contributed by atoms with van der Waals surface area (Å²) in [6, 6.07) is 13.8. The van der Waals surface area contributed by atoms with Crippen molar-refractivity contribution in [3.63, 3.8) is 0 Å². The molecule has 2 aromatic rings. The summed E-state index contributed by atoms with van der Waals surface area (Å²) in [7, 11) is 0. The topological polar surface area (TPSA) is 55.2 Å². The highest BCUT2D eigenvalue weighted by molar-refractivity contribution is 5.38. The van der Waals surface area contributed by atoms with E-state index in [0.29, 0.717) is 6.04 Å². The molecule has 1 atom stereocenters. The molecule has 0 radical (unpaired) electrons. The molecule has 0 aliphatic heterocycles. The lowest BCUT2D eigenvalue weighted by atomic mass is 10.0. The first-order valence-corrected chi connectivity index (χ1v) is 7.19. The van der Waals surface area contributed by atoms with Gasteiger partial charge in [0.25, 0.3) is 5.69 Å². The molecule has 0 fully saturated rings. The molecule has 4 nitrogen and oxygen atoms in total. The van der Waals surface area contributed by atoms with Gasteiger partial charge in [0.15, 0.2) is 0 Å². The molecule has 3 rings (SSSR count). The number of nitrogens with one attached hydrogen (secondary N) is 1. The maximum absolute atomic E-state index is 10.6. The van der Waals surface area contributed by atoms with Gasteiger partial charge in [0.05, 0.1) is 4.92 Å². The highest BCUT2D eigenvalue weighted by Crippen LogP contribution is 2.32. The first kappa shape index (κ1) is 13.8. The predicted octanol–water partition coefficient (Wildman–Crippen LogP) is 3.68. The van der Waals surface area contributed by atoms with Crippen LogP contribution in [0.15, 0.2) is 42.5 Å². The number of hydrogen-bond acceptors (Lipinski definition) is 3. The lowest BCUT2D eigenvalue weighted by Gasteiger charge is -2.14. The summed E-state index contributed by atoms with van der Waals surface area (Å²) in [5, 5.41) is 14.2. The summed E-state index contributed by atoms with van der Waals surface area (Å²) in [6.07, 6.45) is 2.24. The number of rotatable bonds is 4. The van der Waals surface area contributed by atoms with Gasteiger partial charge in [-0.25, -0.2) is 0 Å². The first-order chi connectivity index (χ1) is 10.1. The van der Waals surface area contributed by atoms with E-state index in [4.69, 9.17) is 0 Å². The second kappa shape index (κ2) is 5.66. The fourth-order valence-electron chi connectivity index (χ4n) is 2.91. The van der Waals surface area contributed by atoms with Crippen molar-refractivity contribution in [3.05, 3.63) is 74.8 Å². The van der Waals surface area contributed by atoms with Gasteiger partial charge in [0.2, 0.25) is 0 Å². The molecule has 2 aromatic carbocycles. The van der Waals surface area contributed by atoms with Crippen LogP contribution < -0.4 is 5.32 Å². The van der Waals surface area contributed by atoms with Crippen LogP contribution in [0, 0.1) is 17.0 Å². The minimum Gasteiger partial charge on any atom is -0.306 e. The predicted molar refractivity (Wildman–Crippen MR) is 82.2 cm³/mol. The summed E-state index contributed by atoms with van der Waals surface area (Å²) in [4.78, 5) is 10.3. The van der Waals surface area contributed by atoms with Crippen LogP contribution in [0.2, 0.25) is 0 Å². The molecule has 108 valence electrons. The van der Waals surface area contributed by atoms with Crippen molar-refractivity contribution in [1.82, 2.24) is 5.32 Å². The number of non-ortho nitro benzene ring substituents is 1. The minimum atomic E-state index is -0.368. The SMILES string of the molecule is Cc1ccc2c(c1)C(NCc1ccc([N+](=O)[O-])cc1)CC2. The van der Waals surface area contributed by atoms with E-state index in [1.807, 2.05) is 12.1 Å². The van der Waals surface area contributed by atoms with Gasteiger partial charge in [0.1, 0.15) is 0 Å². The number of benzene rings is 2. The molecule has 0 bridgehead atoms. The molecule has 1 N–H and O–H groups in total. The van der Waals surface area contributed by atoms with Crippen molar-refractivity contribution in [2.75, 3.05) is 0 Å². The van der Waals surface area contributed by atoms with Crippen LogP contribution in [-0.2, 0) is 13.0 Å². The van der Waals surface area contributed by atoms with E-state index in [-0.39, 0.29) is 10.6 Å². The highest BCUT2D eigenvalue weighted by Gasteiger charge is 2.21. The van der Waals surface area contributed by atoms with Crippen molar-refractivity contribution in [2.45, 2.75) is 32.4 Å².